The Balaban J connectivity index is 1.46. The molecule has 1 atom stereocenters. The Morgan fingerprint density at radius 2 is 1.89 bits per heavy atom. The quantitative estimate of drug-likeness (QED) is 0.621. The van der Waals surface area contributed by atoms with Gasteiger partial charge in [-0.1, -0.05) is 41.9 Å². The van der Waals surface area contributed by atoms with Gasteiger partial charge < -0.3 is 5.32 Å². The van der Waals surface area contributed by atoms with E-state index in [1.807, 2.05) is 18.2 Å². The van der Waals surface area contributed by atoms with Crippen molar-refractivity contribution in [1.29, 1.82) is 0 Å². The molecule has 3 aromatic rings. The van der Waals surface area contributed by atoms with Crippen LogP contribution in [0.3, 0.4) is 0 Å². The average Bonchev–Trinajstić information content (AvgIpc) is 2.74. The van der Waals surface area contributed by atoms with E-state index in [0.717, 1.165) is 60.1 Å². The summed E-state index contributed by atoms with van der Waals surface area (Å²) in [5, 5.41) is 4.99. The standard InChI is InChI=1S/C24H23ClN2O/c25-23-18-9-3-4-10-21(18)26-22-14-16(12-13-19(22)23)24(28)27-20-11-5-7-15-6-1-2-8-17(15)20/h1-2,6,8,12-14,20H,3-5,7,9-11H2,(H,27,28). The van der Waals surface area contributed by atoms with Gasteiger partial charge in [-0.15, -0.1) is 0 Å². The van der Waals surface area contributed by atoms with Crippen molar-refractivity contribution in [2.45, 2.75) is 51.0 Å². The number of hydrogen-bond donors (Lipinski definition) is 1. The third-order valence-electron chi connectivity index (χ3n) is 6.13. The Hall–Kier alpha value is -2.39. The van der Waals surface area contributed by atoms with Crippen LogP contribution in [-0.4, -0.2) is 10.9 Å². The van der Waals surface area contributed by atoms with Crippen LogP contribution in [0.2, 0.25) is 5.02 Å². The van der Waals surface area contributed by atoms with Crippen LogP contribution in [0.4, 0.5) is 0 Å². The van der Waals surface area contributed by atoms with Crippen LogP contribution in [0.1, 0.15) is 64.5 Å². The van der Waals surface area contributed by atoms with E-state index in [1.54, 1.807) is 0 Å². The molecule has 1 heterocycles. The molecule has 0 saturated carbocycles. The zero-order valence-electron chi connectivity index (χ0n) is 15.8. The summed E-state index contributed by atoms with van der Waals surface area (Å²) >= 11 is 6.66. The number of nitrogens with zero attached hydrogens (tertiary/aromatic N) is 1. The number of aryl methyl sites for hydroxylation is 2. The van der Waals surface area contributed by atoms with E-state index in [2.05, 4.69) is 29.6 Å². The minimum Gasteiger partial charge on any atom is -0.345 e. The van der Waals surface area contributed by atoms with E-state index in [9.17, 15) is 4.79 Å². The van der Waals surface area contributed by atoms with Gasteiger partial charge in [-0.25, -0.2) is 0 Å². The molecule has 4 heteroatoms. The lowest BCUT2D eigenvalue weighted by molar-refractivity contribution is 0.0933. The molecule has 2 aliphatic carbocycles. The average molecular weight is 391 g/mol. The van der Waals surface area contributed by atoms with Crippen LogP contribution in [0.15, 0.2) is 42.5 Å². The molecule has 1 unspecified atom stereocenters. The van der Waals surface area contributed by atoms with Crippen molar-refractivity contribution in [3.63, 3.8) is 0 Å². The van der Waals surface area contributed by atoms with Crippen LogP contribution in [0.25, 0.3) is 10.9 Å². The first kappa shape index (κ1) is 17.7. The molecule has 1 aromatic heterocycles. The van der Waals surface area contributed by atoms with Gasteiger partial charge in [0.1, 0.15) is 0 Å². The molecule has 2 aliphatic rings. The summed E-state index contributed by atoms with van der Waals surface area (Å²) in [6.45, 7) is 0. The molecule has 28 heavy (non-hydrogen) atoms. The number of hydrogen-bond acceptors (Lipinski definition) is 2. The molecule has 0 spiro atoms. The maximum atomic E-state index is 13.0. The number of aromatic nitrogens is 1. The second kappa shape index (κ2) is 7.21. The SMILES string of the molecule is O=C(NC1CCCc2ccccc21)c1ccc2c(Cl)c3c(nc2c1)CCCC3. The maximum Gasteiger partial charge on any atom is 0.251 e. The lowest BCUT2D eigenvalue weighted by atomic mass is 9.87. The lowest BCUT2D eigenvalue weighted by Crippen LogP contribution is -2.31. The molecule has 1 amide bonds. The number of benzene rings is 2. The van der Waals surface area contributed by atoms with E-state index in [0.29, 0.717) is 5.56 Å². The smallest absolute Gasteiger partial charge is 0.251 e. The Morgan fingerprint density at radius 3 is 2.82 bits per heavy atom. The van der Waals surface area contributed by atoms with Crippen LogP contribution >= 0.6 is 11.6 Å². The predicted molar refractivity (Wildman–Crippen MR) is 113 cm³/mol. The van der Waals surface area contributed by atoms with E-state index in [1.165, 1.54) is 23.1 Å². The third-order valence-corrected chi connectivity index (χ3v) is 6.56. The normalized spacial score (nSPS) is 18.4. The highest BCUT2D eigenvalue weighted by molar-refractivity contribution is 6.36. The number of rotatable bonds is 2. The van der Waals surface area contributed by atoms with Gasteiger partial charge in [0.15, 0.2) is 0 Å². The molecule has 142 valence electrons. The van der Waals surface area contributed by atoms with Crippen molar-refractivity contribution in [1.82, 2.24) is 10.3 Å². The predicted octanol–water partition coefficient (Wildman–Crippen LogP) is 5.57. The van der Waals surface area contributed by atoms with Crippen molar-refractivity contribution >= 4 is 28.4 Å². The zero-order chi connectivity index (χ0) is 19.1. The number of nitrogens with one attached hydrogen (secondary N) is 1. The van der Waals surface area contributed by atoms with Gasteiger partial charge in [0, 0.05) is 16.6 Å². The van der Waals surface area contributed by atoms with Crippen molar-refractivity contribution in [2.75, 3.05) is 0 Å². The van der Waals surface area contributed by atoms with E-state index >= 15 is 0 Å². The van der Waals surface area contributed by atoms with E-state index < -0.39 is 0 Å². The highest BCUT2D eigenvalue weighted by Gasteiger charge is 2.23. The molecule has 0 fully saturated rings. The first-order valence-electron chi connectivity index (χ1n) is 10.2. The van der Waals surface area contributed by atoms with Crippen molar-refractivity contribution < 1.29 is 4.79 Å². The van der Waals surface area contributed by atoms with Crippen LogP contribution in [0.5, 0.6) is 0 Å². The molecule has 2 aromatic carbocycles. The second-order valence-electron chi connectivity index (χ2n) is 7.91. The monoisotopic (exact) mass is 390 g/mol. The fourth-order valence-corrected chi connectivity index (χ4v) is 5.02. The van der Waals surface area contributed by atoms with Gasteiger partial charge in [0.05, 0.1) is 16.6 Å². The van der Waals surface area contributed by atoms with Gasteiger partial charge in [0.25, 0.3) is 5.91 Å². The molecule has 0 aliphatic heterocycles. The fraction of sp³-hybridized carbons (Fsp3) is 0.333. The van der Waals surface area contributed by atoms with Gasteiger partial charge >= 0.3 is 0 Å². The Kier molecular flexibility index (Phi) is 4.56. The maximum absolute atomic E-state index is 13.0. The molecular formula is C24H23ClN2O. The van der Waals surface area contributed by atoms with Crippen LogP contribution in [-0.2, 0) is 19.3 Å². The number of halogens is 1. The highest BCUT2D eigenvalue weighted by atomic mass is 35.5. The van der Waals surface area contributed by atoms with Gasteiger partial charge in [-0.05, 0) is 73.8 Å². The largest absolute Gasteiger partial charge is 0.345 e. The summed E-state index contributed by atoms with van der Waals surface area (Å²) < 4.78 is 0. The first-order chi connectivity index (χ1) is 13.7. The summed E-state index contributed by atoms with van der Waals surface area (Å²) in [6.07, 6.45) is 7.47. The summed E-state index contributed by atoms with van der Waals surface area (Å²) in [5.41, 5.74) is 6.35. The topological polar surface area (TPSA) is 42.0 Å². The van der Waals surface area contributed by atoms with Crippen molar-refractivity contribution in [3.8, 4) is 0 Å². The molecular weight excluding hydrogens is 368 g/mol. The van der Waals surface area contributed by atoms with Gasteiger partial charge in [0.2, 0.25) is 0 Å². The van der Waals surface area contributed by atoms with Crippen LogP contribution < -0.4 is 5.32 Å². The first-order valence-corrected chi connectivity index (χ1v) is 10.6. The summed E-state index contributed by atoms with van der Waals surface area (Å²) in [4.78, 5) is 17.8. The Labute approximate surface area is 170 Å². The van der Waals surface area contributed by atoms with Gasteiger partial charge in [-0.2, -0.15) is 0 Å². The number of fused-ring (bicyclic) bond motifs is 3. The fourth-order valence-electron chi connectivity index (χ4n) is 4.65. The minimum atomic E-state index is -0.0424. The molecule has 0 bridgehead atoms. The van der Waals surface area contributed by atoms with Crippen LogP contribution in [0, 0.1) is 0 Å². The Bertz CT molecular complexity index is 1080. The minimum absolute atomic E-state index is 0.0424. The zero-order valence-corrected chi connectivity index (χ0v) is 16.6. The Morgan fingerprint density at radius 1 is 1.04 bits per heavy atom. The molecule has 5 rings (SSSR count). The summed E-state index contributed by atoms with van der Waals surface area (Å²) in [7, 11) is 0. The van der Waals surface area contributed by atoms with Gasteiger partial charge in [-0.3, -0.25) is 9.78 Å². The van der Waals surface area contributed by atoms with E-state index in [-0.39, 0.29) is 11.9 Å². The highest BCUT2D eigenvalue weighted by Crippen LogP contribution is 2.34. The molecule has 0 radical (unpaired) electrons. The number of pyridine rings is 1. The molecule has 0 saturated heterocycles. The number of amides is 1. The number of carbonyl (C=O) groups excluding carboxylic acids is 1. The molecule has 3 nitrogen and oxygen atoms in total. The summed E-state index contributed by atoms with van der Waals surface area (Å²) in [6, 6.07) is 14.2. The molecule has 1 N–H and O–H groups in total. The lowest BCUT2D eigenvalue weighted by Gasteiger charge is -2.26. The van der Waals surface area contributed by atoms with Crippen molar-refractivity contribution in [2.24, 2.45) is 0 Å². The number of carbonyl (C=O) groups is 1. The van der Waals surface area contributed by atoms with E-state index in [4.69, 9.17) is 16.6 Å². The third kappa shape index (κ3) is 3.08. The second-order valence-corrected chi connectivity index (χ2v) is 8.29. The summed E-state index contributed by atoms with van der Waals surface area (Å²) in [5.74, 6) is -0.0424. The van der Waals surface area contributed by atoms with Crippen molar-refractivity contribution in [3.05, 3.63) is 75.4 Å².